The second-order valence-electron chi connectivity index (χ2n) is 8.71. The van der Waals surface area contributed by atoms with E-state index in [2.05, 4.69) is 4.72 Å². The van der Waals surface area contributed by atoms with Crippen LogP contribution in [0.25, 0.3) is 11.1 Å². The van der Waals surface area contributed by atoms with E-state index in [1.807, 2.05) is 49.4 Å². The largest absolute Gasteiger partial charge is 0.416 e. The predicted octanol–water partition coefficient (Wildman–Crippen LogP) is 7.33. The molecule has 0 bridgehead atoms. The number of hydrogen-bond acceptors (Lipinski definition) is 2. The van der Waals surface area contributed by atoms with Crippen LogP contribution in [0.15, 0.2) is 108 Å². The molecule has 0 aliphatic carbocycles. The van der Waals surface area contributed by atoms with Crippen LogP contribution in [0.4, 0.5) is 13.2 Å². The molecule has 1 N–H and O–H groups in total. The summed E-state index contributed by atoms with van der Waals surface area (Å²) < 4.78 is 68.2. The maximum Gasteiger partial charge on any atom is 0.416 e. The van der Waals surface area contributed by atoms with Crippen LogP contribution in [0.1, 0.15) is 34.7 Å². The van der Waals surface area contributed by atoms with Gasteiger partial charge in [0.15, 0.2) is 0 Å². The van der Waals surface area contributed by atoms with E-state index in [-0.39, 0.29) is 4.90 Å². The third kappa shape index (κ3) is 6.42. The van der Waals surface area contributed by atoms with Crippen molar-refractivity contribution < 1.29 is 21.6 Å². The minimum Gasteiger partial charge on any atom is -0.207 e. The van der Waals surface area contributed by atoms with Crippen LogP contribution in [-0.2, 0) is 22.6 Å². The van der Waals surface area contributed by atoms with Gasteiger partial charge in [0.05, 0.1) is 10.5 Å². The van der Waals surface area contributed by atoms with Crippen molar-refractivity contribution in [1.29, 1.82) is 0 Å². The second-order valence-corrected chi connectivity index (χ2v) is 10.4. The number of aryl methyl sites for hydroxylation is 2. The van der Waals surface area contributed by atoms with Crippen LogP contribution in [-0.4, -0.2) is 8.42 Å². The topological polar surface area (TPSA) is 46.2 Å². The summed E-state index contributed by atoms with van der Waals surface area (Å²) in [6, 6.07) is 28.1. The summed E-state index contributed by atoms with van der Waals surface area (Å²) in [4.78, 5) is 0.178. The Labute approximate surface area is 209 Å². The Morgan fingerprint density at radius 2 is 1.44 bits per heavy atom. The van der Waals surface area contributed by atoms with E-state index in [1.54, 1.807) is 36.4 Å². The maximum absolute atomic E-state index is 13.2. The van der Waals surface area contributed by atoms with Gasteiger partial charge in [-0.3, -0.25) is 0 Å². The van der Waals surface area contributed by atoms with Crippen LogP contribution in [0, 0.1) is 6.92 Å². The zero-order valence-electron chi connectivity index (χ0n) is 19.7. The van der Waals surface area contributed by atoms with Crippen LogP contribution < -0.4 is 4.72 Å². The Kier molecular flexibility index (Phi) is 7.62. The lowest BCUT2D eigenvalue weighted by atomic mass is 9.96. The number of rotatable bonds is 8. The standard InChI is InChI=1S/C29H26F3NO2S/c1-21-10-17-27(18-11-21)36(34,35)33-28(19-12-22-6-3-2-4-7-22)25-9-5-8-24(20-25)23-13-15-26(16-14-23)29(30,31)32/h2-11,13-18,20,28,33H,12,19H2,1H3. The summed E-state index contributed by atoms with van der Waals surface area (Å²) in [6.07, 6.45) is -3.25. The van der Waals surface area contributed by atoms with Crippen LogP contribution in [0.3, 0.4) is 0 Å². The third-order valence-corrected chi connectivity index (χ3v) is 7.52. The van der Waals surface area contributed by atoms with Crippen molar-refractivity contribution in [3.8, 4) is 11.1 Å². The van der Waals surface area contributed by atoms with Gasteiger partial charge in [0, 0.05) is 6.04 Å². The first-order valence-electron chi connectivity index (χ1n) is 11.5. The fraction of sp³-hybridized carbons (Fsp3) is 0.172. The van der Waals surface area contributed by atoms with Gasteiger partial charge in [0.25, 0.3) is 0 Å². The predicted molar refractivity (Wildman–Crippen MR) is 136 cm³/mol. The van der Waals surface area contributed by atoms with E-state index in [4.69, 9.17) is 0 Å². The van der Waals surface area contributed by atoms with Crippen molar-refractivity contribution in [2.45, 2.75) is 36.9 Å². The molecule has 3 nitrogen and oxygen atoms in total. The van der Waals surface area contributed by atoms with Gasteiger partial charge in [-0.15, -0.1) is 0 Å². The minimum atomic E-state index is -4.41. The lowest BCUT2D eigenvalue weighted by Crippen LogP contribution is -2.29. The van der Waals surface area contributed by atoms with E-state index in [0.29, 0.717) is 24.0 Å². The molecule has 0 aliphatic heterocycles. The molecule has 36 heavy (non-hydrogen) atoms. The Balaban J connectivity index is 1.65. The Bertz CT molecular complexity index is 1400. The molecule has 0 saturated carbocycles. The van der Waals surface area contributed by atoms with Gasteiger partial charge in [-0.1, -0.05) is 78.4 Å². The third-order valence-electron chi connectivity index (χ3n) is 6.03. The van der Waals surface area contributed by atoms with Gasteiger partial charge in [-0.25, -0.2) is 13.1 Å². The minimum absolute atomic E-state index is 0.178. The van der Waals surface area contributed by atoms with Crippen LogP contribution in [0.5, 0.6) is 0 Å². The van der Waals surface area contributed by atoms with E-state index < -0.39 is 27.8 Å². The quantitative estimate of drug-likeness (QED) is 0.270. The molecule has 1 atom stereocenters. The maximum atomic E-state index is 13.2. The highest BCUT2D eigenvalue weighted by molar-refractivity contribution is 7.89. The molecule has 1 unspecified atom stereocenters. The number of nitrogens with one attached hydrogen (secondary N) is 1. The van der Waals surface area contributed by atoms with Gasteiger partial charge in [0.2, 0.25) is 10.0 Å². The molecule has 0 aromatic heterocycles. The Hall–Kier alpha value is -3.42. The van der Waals surface area contributed by atoms with Gasteiger partial charge in [0.1, 0.15) is 0 Å². The lowest BCUT2D eigenvalue weighted by Gasteiger charge is -2.20. The molecular weight excluding hydrogens is 483 g/mol. The summed E-state index contributed by atoms with van der Waals surface area (Å²) in [5.74, 6) is 0. The zero-order chi connectivity index (χ0) is 25.8. The summed E-state index contributed by atoms with van der Waals surface area (Å²) in [6.45, 7) is 1.89. The highest BCUT2D eigenvalue weighted by Gasteiger charge is 2.30. The summed E-state index contributed by atoms with van der Waals surface area (Å²) in [5.41, 5.74) is 3.39. The number of sulfonamides is 1. The number of hydrogen-bond donors (Lipinski definition) is 1. The average molecular weight is 510 g/mol. The van der Waals surface area contributed by atoms with E-state index in [0.717, 1.165) is 28.8 Å². The SMILES string of the molecule is Cc1ccc(S(=O)(=O)NC(CCc2ccccc2)c2cccc(-c3ccc(C(F)(F)F)cc3)c2)cc1. The molecule has 0 saturated heterocycles. The van der Waals surface area contributed by atoms with E-state index in [1.165, 1.54) is 12.1 Å². The van der Waals surface area contributed by atoms with E-state index in [9.17, 15) is 21.6 Å². The Morgan fingerprint density at radius 3 is 2.08 bits per heavy atom. The van der Waals surface area contributed by atoms with Gasteiger partial charge >= 0.3 is 6.18 Å². The highest BCUT2D eigenvalue weighted by Crippen LogP contribution is 2.32. The molecule has 186 valence electrons. The molecule has 0 heterocycles. The van der Waals surface area contributed by atoms with Crippen molar-refractivity contribution in [1.82, 2.24) is 4.72 Å². The fourth-order valence-corrected chi connectivity index (χ4v) is 5.27. The first-order valence-corrected chi connectivity index (χ1v) is 13.0. The first kappa shape index (κ1) is 25.7. The van der Waals surface area contributed by atoms with Gasteiger partial charge < -0.3 is 0 Å². The molecule has 7 heteroatoms. The van der Waals surface area contributed by atoms with Crippen LogP contribution >= 0.6 is 0 Å². The first-order chi connectivity index (χ1) is 17.1. The normalized spacial score (nSPS) is 12.9. The molecule has 0 aliphatic rings. The molecule has 4 aromatic carbocycles. The van der Waals surface area contributed by atoms with E-state index >= 15 is 0 Å². The molecule has 0 spiro atoms. The van der Waals surface area contributed by atoms with Crippen LogP contribution in [0.2, 0.25) is 0 Å². The Morgan fingerprint density at radius 1 is 0.778 bits per heavy atom. The molecule has 4 rings (SSSR count). The van der Waals surface area contributed by atoms with Crippen molar-refractivity contribution >= 4 is 10.0 Å². The number of halogens is 3. The average Bonchev–Trinajstić information content (AvgIpc) is 2.87. The molecular formula is C29H26F3NO2S. The zero-order valence-corrected chi connectivity index (χ0v) is 20.5. The van der Waals surface area contributed by atoms with Crippen molar-refractivity contribution in [2.75, 3.05) is 0 Å². The van der Waals surface area contributed by atoms with Crippen molar-refractivity contribution in [2.24, 2.45) is 0 Å². The monoisotopic (exact) mass is 509 g/mol. The number of benzene rings is 4. The smallest absolute Gasteiger partial charge is 0.207 e. The summed E-state index contributed by atoms with van der Waals surface area (Å²) in [7, 11) is -3.80. The van der Waals surface area contributed by atoms with Gasteiger partial charge in [-0.05, 0) is 72.4 Å². The number of alkyl halides is 3. The molecule has 0 amide bonds. The summed E-state index contributed by atoms with van der Waals surface area (Å²) in [5, 5.41) is 0. The lowest BCUT2D eigenvalue weighted by molar-refractivity contribution is -0.137. The molecule has 0 radical (unpaired) electrons. The second kappa shape index (κ2) is 10.7. The van der Waals surface area contributed by atoms with Crippen molar-refractivity contribution in [3.63, 3.8) is 0 Å². The summed E-state index contributed by atoms with van der Waals surface area (Å²) >= 11 is 0. The highest BCUT2D eigenvalue weighted by atomic mass is 32.2. The van der Waals surface area contributed by atoms with Crippen molar-refractivity contribution in [3.05, 3.63) is 125 Å². The molecule has 0 fully saturated rings. The molecule has 4 aromatic rings. The van der Waals surface area contributed by atoms with Gasteiger partial charge in [-0.2, -0.15) is 13.2 Å². The fourth-order valence-electron chi connectivity index (χ4n) is 4.01.